The van der Waals surface area contributed by atoms with E-state index in [1.165, 1.54) is 6.07 Å². The number of ether oxygens (including phenoxy) is 1. The fourth-order valence-electron chi connectivity index (χ4n) is 2.66. The first-order chi connectivity index (χ1) is 10.3. The summed E-state index contributed by atoms with van der Waals surface area (Å²) >= 11 is 0. The van der Waals surface area contributed by atoms with Crippen LogP contribution in [0.15, 0.2) is 18.2 Å². The van der Waals surface area contributed by atoms with Gasteiger partial charge in [-0.1, -0.05) is 0 Å². The predicted molar refractivity (Wildman–Crippen MR) is 88.2 cm³/mol. The van der Waals surface area contributed by atoms with Gasteiger partial charge in [0.15, 0.2) is 0 Å². The molecule has 0 radical (unpaired) electrons. The van der Waals surface area contributed by atoms with Gasteiger partial charge in [-0.2, -0.15) is 0 Å². The van der Waals surface area contributed by atoms with Crippen LogP contribution >= 0.6 is 0 Å². The normalized spacial score (nSPS) is 17.2. The molecule has 0 spiro atoms. The van der Waals surface area contributed by atoms with Crippen molar-refractivity contribution in [2.75, 3.05) is 43.1 Å². The molecule has 2 rings (SSSR count). The first kappa shape index (κ1) is 17.0. The second-order valence-corrected chi connectivity index (χ2v) is 6.93. The Hall–Kier alpha value is -1.33. The van der Waals surface area contributed by atoms with E-state index in [0.717, 1.165) is 30.9 Å². The quantitative estimate of drug-likeness (QED) is 0.927. The topological polar surface area (TPSA) is 35.9 Å². The highest BCUT2D eigenvalue weighted by atomic mass is 19.1. The third-order valence-corrected chi connectivity index (χ3v) is 3.75. The van der Waals surface area contributed by atoms with Gasteiger partial charge < -0.3 is 19.6 Å². The van der Waals surface area contributed by atoms with Gasteiger partial charge in [-0.15, -0.1) is 0 Å². The standard InChI is InChI=1S/C17H27FN2O2/c1-17(2,3)22-12-14(21)11-20-9-5-8-19(4)15-7-6-13(18)10-16(15)20/h6-7,10,14,21H,5,8-9,11-12H2,1-4H3. The van der Waals surface area contributed by atoms with Crippen LogP contribution in [0.1, 0.15) is 27.2 Å². The van der Waals surface area contributed by atoms with E-state index in [9.17, 15) is 9.50 Å². The number of hydrogen-bond acceptors (Lipinski definition) is 4. The maximum absolute atomic E-state index is 13.6. The van der Waals surface area contributed by atoms with Gasteiger partial charge in [0, 0.05) is 26.7 Å². The molecular formula is C17H27FN2O2. The number of nitrogens with zero attached hydrogens (tertiary/aromatic N) is 2. The molecule has 0 saturated carbocycles. The zero-order chi connectivity index (χ0) is 16.3. The monoisotopic (exact) mass is 310 g/mol. The minimum absolute atomic E-state index is 0.250. The number of fused-ring (bicyclic) bond motifs is 1. The summed E-state index contributed by atoms with van der Waals surface area (Å²) < 4.78 is 19.3. The molecule has 1 aromatic rings. The number of aliphatic hydroxyl groups excluding tert-OH is 1. The number of β-amino-alcohol motifs (C(OH)–C–C–N with tert-alkyl or cyclic N) is 1. The van der Waals surface area contributed by atoms with Crippen LogP contribution < -0.4 is 9.80 Å². The fraction of sp³-hybridized carbons (Fsp3) is 0.647. The van der Waals surface area contributed by atoms with Crippen LogP contribution in [0.3, 0.4) is 0 Å². The summed E-state index contributed by atoms with van der Waals surface area (Å²) in [4.78, 5) is 4.19. The Balaban J connectivity index is 2.10. The van der Waals surface area contributed by atoms with E-state index in [0.29, 0.717) is 6.54 Å². The third-order valence-electron chi connectivity index (χ3n) is 3.75. The number of hydrogen-bond donors (Lipinski definition) is 1. The molecule has 0 bridgehead atoms. The van der Waals surface area contributed by atoms with Crippen molar-refractivity contribution in [2.24, 2.45) is 0 Å². The van der Waals surface area contributed by atoms with Crippen molar-refractivity contribution in [1.29, 1.82) is 0 Å². The van der Waals surface area contributed by atoms with Crippen LogP contribution in [0.2, 0.25) is 0 Å². The lowest BCUT2D eigenvalue weighted by Crippen LogP contribution is -2.37. The smallest absolute Gasteiger partial charge is 0.125 e. The highest BCUT2D eigenvalue weighted by Gasteiger charge is 2.22. The Bertz CT molecular complexity index is 502. The molecule has 1 atom stereocenters. The van der Waals surface area contributed by atoms with Crippen LogP contribution in [-0.4, -0.2) is 50.1 Å². The highest BCUT2D eigenvalue weighted by molar-refractivity contribution is 5.72. The van der Waals surface area contributed by atoms with Crippen LogP contribution in [0.5, 0.6) is 0 Å². The fourth-order valence-corrected chi connectivity index (χ4v) is 2.66. The zero-order valence-electron chi connectivity index (χ0n) is 14.0. The Morgan fingerprint density at radius 3 is 2.68 bits per heavy atom. The van der Waals surface area contributed by atoms with Crippen molar-refractivity contribution in [3.05, 3.63) is 24.0 Å². The van der Waals surface area contributed by atoms with Gasteiger partial charge in [-0.3, -0.25) is 0 Å². The lowest BCUT2D eigenvalue weighted by atomic mass is 10.2. The number of rotatable bonds is 4. The number of halogens is 1. The Morgan fingerprint density at radius 1 is 1.27 bits per heavy atom. The van der Waals surface area contributed by atoms with Gasteiger partial charge in [-0.05, 0) is 45.4 Å². The molecule has 124 valence electrons. The average molecular weight is 310 g/mol. The van der Waals surface area contributed by atoms with Crippen LogP contribution in [0, 0.1) is 5.82 Å². The first-order valence-electron chi connectivity index (χ1n) is 7.84. The van der Waals surface area contributed by atoms with Crippen molar-refractivity contribution >= 4 is 11.4 Å². The minimum atomic E-state index is -0.598. The molecule has 5 heteroatoms. The molecule has 22 heavy (non-hydrogen) atoms. The second-order valence-electron chi connectivity index (χ2n) is 6.93. The summed E-state index contributed by atoms with van der Waals surface area (Å²) in [6, 6.07) is 4.84. The molecule has 0 aliphatic carbocycles. The number of anilines is 2. The maximum atomic E-state index is 13.6. The molecule has 4 nitrogen and oxygen atoms in total. The van der Waals surface area contributed by atoms with Crippen LogP contribution in [0.25, 0.3) is 0 Å². The third kappa shape index (κ3) is 4.58. The predicted octanol–water partition coefficient (Wildman–Crippen LogP) is 2.65. The molecule has 1 aliphatic rings. The van der Waals surface area contributed by atoms with Crippen LogP contribution in [-0.2, 0) is 4.74 Å². The summed E-state index contributed by atoms with van der Waals surface area (Å²) in [6.07, 6.45) is 0.373. The van der Waals surface area contributed by atoms with Crippen molar-refractivity contribution in [2.45, 2.75) is 38.9 Å². The van der Waals surface area contributed by atoms with E-state index in [1.54, 1.807) is 12.1 Å². The first-order valence-corrected chi connectivity index (χ1v) is 7.84. The Morgan fingerprint density at radius 2 is 2.00 bits per heavy atom. The highest BCUT2D eigenvalue weighted by Crippen LogP contribution is 2.32. The van der Waals surface area contributed by atoms with Crippen LogP contribution in [0.4, 0.5) is 15.8 Å². The van der Waals surface area contributed by atoms with E-state index in [2.05, 4.69) is 9.80 Å². The van der Waals surface area contributed by atoms with E-state index < -0.39 is 6.10 Å². The summed E-state index contributed by atoms with van der Waals surface area (Å²) in [6.45, 7) is 8.33. The largest absolute Gasteiger partial charge is 0.389 e. The molecule has 1 aliphatic heterocycles. The number of aliphatic hydroxyl groups is 1. The van der Waals surface area contributed by atoms with Gasteiger partial charge in [0.05, 0.1) is 29.7 Å². The molecular weight excluding hydrogens is 283 g/mol. The summed E-state index contributed by atoms with van der Waals surface area (Å²) in [5.74, 6) is -0.250. The SMILES string of the molecule is CN1CCCN(CC(O)COC(C)(C)C)c2cc(F)ccc21. The minimum Gasteiger partial charge on any atom is -0.389 e. The molecule has 0 aromatic heterocycles. The summed E-state index contributed by atoms with van der Waals surface area (Å²) in [5, 5.41) is 10.2. The van der Waals surface area contributed by atoms with Crippen molar-refractivity contribution in [3.8, 4) is 0 Å². The lowest BCUT2D eigenvalue weighted by molar-refractivity contribution is -0.0463. The molecule has 0 fully saturated rings. The molecule has 0 saturated heterocycles. The molecule has 1 unspecified atom stereocenters. The molecule has 1 aromatic carbocycles. The Labute approximate surface area is 132 Å². The van der Waals surface area contributed by atoms with E-state index >= 15 is 0 Å². The van der Waals surface area contributed by atoms with Gasteiger partial charge >= 0.3 is 0 Å². The average Bonchev–Trinajstić information content (AvgIpc) is 2.56. The lowest BCUT2D eigenvalue weighted by Gasteiger charge is -2.29. The van der Waals surface area contributed by atoms with Crippen molar-refractivity contribution < 1.29 is 14.2 Å². The van der Waals surface area contributed by atoms with E-state index in [1.807, 2.05) is 27.8 Å². The van der Waals surface area contributed by atoms with E-state index in [-0.39, 0.29) is 18.0 Å². The van der Waals surface area contributed by atoms with Gasteiger partial charge in [0.1, 0.15) is 5.82 Å². The van der Waals surface area contributed by atoms with Gasteiger partial charge in [-0.25, -0.2) is 4.39 Å². The Kier molecular flexibility index (Phi) is 5.29. The number of benzene rings is 1. The van der Waals surface area contributed by atoms with E-state index in [4.69, 9.17) is 4.74 Å². The zero-order valence-corrected chi connectivity index (χ0v) is 14.0. The summed E-state index contributed by atoms with van der Waals surface area (Å²) in [5.41, 5.74) is 1.57. The molecule has 1 heterocycles. The van der Waals surface area contributed by atoms with Gasteiger partial charge in [0.2, 0.25) is 0 Å². The summed E-state index contributed by atoms with van der Waals surface area (Å²) in [7, 11) is 2.01. The molecule has 1 N–H and O–H groups in total. The maximum Gasteiger partial charge on any atom is 0.125 e. The van der Waals surface area contributed by atoms with Crippen molar-refractivity contribution in [3.63, 3.8) is 0 Å². The van der Waals surface area contributed by atoms with Crippen molar-refractivity contribution in [1.82, 2.24) is 0 Å². The molecule has 0 amide bonds. The second kappa shape index (κ2) is 6.84. The van der Waals surface area contributed by atoms with Gasteiger partial charge in [0.25, 0.3) is 0 Å².